The summed E-state index contributed by atoms with van der Waals surface area (Å²) in [5, 5.41) is 0.746. The van der Waals surface area contributed by atoms with Crippen LogP contribution >= 0.6 is 0 Å². The number of unbranched alkanes of at least 4 members (excludes halogenated alkanes) is 8. The van der Waals surface area contributed by atoms with E-state index in [1.54, 1.807) is 19.9 Å². The van der Waals surface area contributed by atoms with E-state index in [0.29, 0.717) is 25.1 Å². The fourth-order valence-electron chi connectivity index (χ4n) is 5.09. The molecule has 0 aliphatic carbocycles. The van der Waals surface area contributed by atoms with E-state index in [1.165, 1.54) is 44.6 Å². The fourth-order valence-corrected chi connectivity index (χ4v) is 5.09. The summed E-state index contributed by atoms with van der Waals surface area (Å²) in [5.74, 6) is -0.249. The van der Waals surface area contributed by atoms with E-state index in [-0.39, 0.29) is 18.3 Å². The van der Waals surface area contributed by atoms with Gasteiger partial charge in [0.05, 0.1) is 30.8 Å². The van der Waals surface area contributed by atoms with E-state index in [2.05, 4.69) is 6.92 Å². The first-order valence-electron chi connectivity index (χ1n) is 15.4. The number of carbonyl (C=O) groups is 3. The zero-order valence-electron chi connectivity index (χ0n) is 25.4. The van der Waals surface area contributed by atoms with E-state index >= 15 is 0 Å². The third kappa shape index (κ3) is 9.89. The maximum atomic E-state index is 13.6. The Morgan fingerprint density at radius 2 is 1.48 bits per heavy atom. The number of esters is 1. The molecule has 0 bridgehead atoms. The Bertz CT molecular complexity index is 1340. The number of carbonyl (C=O) groups excluding carboxylic acids is 3. The Morgan fingerprint density at radius 3 is 2.19 bits per heavy atom. The molecule has 0 saturated heterocycles. The minimum Gasteiger partial charge on any atom is -0.463 e. The van der Waals surface area contributed by atoms with Crippen LogP contribution in [0.15, 0.2) is 54.6 Å². The van der Waals surface area contributed by atoms with Crippen molar-refractivity contribution in [3.8, 4) is 5.88 Å². The number of Topliss-reactive ketones (excluding diaryl/α,β-unsaturated/α-hetero) is 1. The highest BCUT2D eigenvalue weighted by molar-refractivity contribution is 6.11. The summed E-state index contributed by atoms with van der Waals surface area (Å²) in [6.07, 6.45) is 13.1. The summed E-state index contributed by atoms with van der Waals surface area (Å²) in [6, 6.07) is 15.3. The number of hydrogen-bond donors (Lipinski definition) is 0. The molecule has 0 amide bonds. The van der Waals surface area contributed by atoms with Gasteiger partial charge in [0.15, 0.2) is 5.78 Å². The number of ketones is 1. The van der Waals surface area contributed by atoms with Crippen LogP contribution in [0.25, 0.3) is 17.0 Å². The third-order valence-corrected chi connectivity index (χ3v) is 7.14. The van der Waals surface area contributed by atoms with Crippen molar-refractivity contribution in [3.05, 3.63) is 71.3 Å². The Hall–Kier alpha value is -3.87. The monoisotopic (exact) mass is 575 g/mol. The predicted octanol–water partition coefficient (Wildman–Crippen LogP) is 8.90. The number of aromatic nitrogens is 1. The number of rotatable bonds is 18. The van der Waals surface area contributed by atoms with Gasteiger partial charge in [-0.25, -0.2) is 9.59 Å². The summed E-state index contributed by atoms with van der Waals surface area (Å²) in [4.78, 5) is 38.0. The lowest BCUT2D eigenvalue weighted by Crippen LogP contribution is -2.15. The first kappa shape index (κ1) is 32.6. The smallest absolute Gasteiger partial charge is 0.463 e. The topological polar surface area (TPSA) is 83.8 Å². The first-order valence-corrected chi connectivity index (χ1v) is 15.4. The van der Waals surface area contributed by atoms with Crippen molar-refractivity contribution in [1.29, 1.82) is 0 Å². The second-order valence-electron chi connectivity index (χ2n) is 10.4. The summed E-state index contributed by atoms with van der Waals surface area (Å²) in [5.41, 5.74) is 2.94. The van der Waals surface area contributed by atoms with Gasteiger partial charge in [0.2, 0.25) is 5.88 Å². The Kier molecular flexibility index (Phi) is 13.9. The lowest BCUT2D eigenvalue weighted by atomic mass is 10.0. The molecule has 0 fully saturated rings. The predicted molar refractivity (Wildman–Crippen MR) is 167 cm³/mol. The Labute approximate surface area is 249 Å². The van der Waals surface area contributed by atoms with Gasteiger partial charge in [-0.15, -0.1) is 0 Å². The summed E-state index contributed by atoms with van der Waals surface area (Å²) < 4.78 is 17.7. The van der Waals surface area contributed by atoms with Crippen LogP contribution < -0.4 is 4.74 Å². The highest BCUT2D eigenvalue weighted by Crippen LogP contribution is 2.35. The van der Waals surface area contributed by atoms with Crippen LogP contribution in [0.2, 0.25) is 0 Å². The van der Waals surface area contributed by atoms with E-state index in [0.717, 1.165) is 41.3 Å². The zero-order chi connectivity index (χ0) is 30.2. The zero-order valence-corrected chi connectivity index (χ0v) is 25.4. The quantitative estimate of drug-likeness (QED) is 0.0652. The van der Waals surface area contributed by atoms with Gasteiger partial charge in [0.1, 0.15) is 0 Å². The van der Waals surface area contributed by atoms with E-state index < -0.39 is 12.1 Å². The second-order valence-corrected chi connectivity index (χ2v) is 10.4. The maximum Gasteiger partial charge on any atom is 0.515 e. The minimum atomic E-state index is -0.843. The van der Waals surface area contributed by atoms with Crippen LogP contribution in [-0.4, -0.2) is 35.7 Å². The largest absolute Gasteiger partial charge is 0.515 e. The molecule has 0 spiro atoms. The van der Waals surface area contributed by atoms with E-state index in [1.807, 2.05) is 53.1 Å². The molecule has 7 heteroatoms. The van der Waals surface area contributed by atoms with Crippen molar-refractivity contribution >= 4 is 34.9 Å². The van der Waals surface area contributed by atoms with Gasteiger partial charge >= 0.3 is 12.1 Å². The Balaban J connectivity index is 1.84. The lowest BCUT2D eigenvalue weighted by molar-refractivity contribution is -0.137. The number of para-hydroxylation sites is 1. The molecule has 0 aliphatic rings. The molecule has 0 unspecified atom stereocenters. The molecule has 3 aromatic rings. The number of nitrogens with zero attached hydrogens (tertiary/aromatic N) is 1. The van der Waals surface area contributed by atoms with Crippen LogP contribution in [0, 0.1) is 0 Å². The number of benzene rings is 2. The number of ether oxygens (including phenoxy) is 3. The SMILES string of the molecule is CCCCCCCCCCCC(=O)c1c(OC(=O)OCC)n(Cc2cccc(C=CC(=O)OCC)c2)c2ccccc12. The fraction of sp³-hybridized carbons (Fsp3) is 0.457. The van der Waals surface area contributed by atoms with Crippen LogP contribution in [-0.2, 0) is 20.8 Å². The van der Waals surface area contributed by atoms with Gasteiger partial charge in [-0.1, -0.05) is 94.7 Å². The van der Waals surface area contributed by atoms with Crippen molar-refractivity contribution in [3.63, 3.8) is 0 Å². The lowest BCUT2D eigenvalue weighted by Gasteiger charge is -2.13. The van der Waals surface area contributed by atoms with Gasteiger partial charge in [-0.3, -0.25) is 4.79 Å². The van der Waals surface area contributed by atoms with E-state index in [4.69, 9.17) is 14.2 Å². The molecular formula is C35H45NO6. The summed E-state index contributed by atoms with van der Waals surface area (Å²) in [7, 11) is 0. The molecule has 1 aromatic heterocycles. The van der Waals surface area contributed by atoms with E-state index in [9.17, 15) is 14.4 Å². The molecule has 2 aromatic carbocycles. The van der Waals surface area contributed by atoms with Crippen LogP contribution in [0.4, 0.5) is 4.79 Å². The van der Waals surface area contributed by atoms with Gasteiger partial charge in [-0.2, -0.15) is 0 Å². The molecule has 0 atom stereocenters. The molecule has 226 valence electrons. The van der Waals surface area contributed by atoms with Crippen molar-refractivity contribution < 1.29 is 28.6 Å². The third-order valence-electron chi connectivity index (χ3n) is 7.14. The molecule has 1 heterocycles. The summed E-state index contributed by atoms with van der Waals surface area (Å²) >= 11 is 0. The summed E-state index contributed by atoms with van der Waals surface area (Å²) in [6.45, 7) is 6.52. The van der Waals surface area contributed by atoms with Gasteiger partial charge in [-0.05, 0) is 49.6 Å². The second kappa shape index (κ2) is 17.8. The van der Waals surface area contributed by atoms with Crippen molar-refractivity contribution in [2.45, 2.75) is 91.5 Å². The Morgan fingerprint density at radius 1 is 0.786 bits per heavy atom. The maximum absolute atomic E-state index is 13.6. The minimum absolute atomic E-state index is 0.0432. The molecule has 7 nitrogen and oxygen atoms in total. The van der Waals surface area contributed by atoms with Gasteiger partial charge in [0.25, 0.3) is 0 Å². The average Bonchev–Trinajstić information content (AvgIpc) is 3.28. The number of hydrogen-bond acceptors (Lipinski definition) is 6. The van der Waals surface area contributed by atoms with Gasteiger partial charge < -0.3 is 18.8 Å². The normalized spacial score (nSPS) is 11.2. The van der Waals surface area contributed by atoms with Crippen LogP contribution in [0.5, 0.6) is 5.88 Å². The van der Waals surface area contributed by atoms with Crippen molar-refractivity contribution in [2.75, 3.05) is 13.2 Å². The van der Waals surface area contributed by atoms with Crippen LogP contribution in [0.1, 0.15) is 106 Å². The van der Waals surface area contributed by atoms with Crippen LogP contribution in [0.3, 0.4) is 0 Å². The molecule has 3 rings (SSSR count). The molecular weight excluding hydrogens is 530 g/mol. The average molecular weight is 576 g/mol. The molecule has 42 heavy (non-hydrogen) atoms. The highest BCUT2D eigenvalue weighted by atomic mass is 16.7. The molecule has 0 saturated carbocycles. The molecule has 0 aliphatic heterocycles. The number of fused-ring (bicyclic) bond motifs is 1. The standard InChI is InChI=1S/C35H45NO6/c1-4-7-8-9-10-11-12-13-14-22-31(37)33-29-20-15-16-21-30(29)36(34(33)42-35(39)41-6-3)26-28-19-17-18-27(25-28)23-24-32(38)40-5-2/h15-21,23-25H,4-14,22,26H2,1-3H3. The van der Waals surface area contributed by atoms with Crippen molar-refractivity contribution in [1.82, 2.24) is 4.57 Å². The first-order chi connectivity index (χ1) is 20.5. The van der Waals surface area contributed by atoms with Crippen molar-refractivity contribution in [2.24, 2.45) is 0 Å². The van der Waals surface area contributed by atoms with Gasteiger partial charge in [0, 0.05) is 17.9 Å². The highest BCUT2D eigenvalue weighted by Gasteiger charge is 2.26. The molecule has 0 radical (unpaired) electrons. The molecule has 0 N–H and O–H groups in total.